The van der Waals surface area contributed by atoms with Crippen molar-refractivity contribution < 1.29 is 4.74 Å². The van der Waals surface area contributed by atoms with Crippen molar-refractivity contribution in [1.82, 2.24) is 9.88 Å². The highest BCUT2D eigenvalue weighted by Gasteiger charge is 2.20. The third-order valence-electron chi connectivity index (χ3n) is 2.99. The Hall–Kier alpha value is -0.650. The van der Waals surface area contributed by atoms with Crippen LogP contribution in [-0.4, -0.2) is 43.2 Å². The first kappa shape index (κ1) is 12.8. The average molecular weight is 255 g/mol. The zero-order chi connectivity index (χ0) is 12.1. The molecule has 0 aromatic carbocycles. The number of likely N-dealkylation sites (N-methyl/N-ethyl adjacent to an activating group) is 1. The van der Waals surface area contributed by atoms with E-state index in [0.29, 0.717) is 5.13 Å². The second kappa shape index (κ2) is 6.33. The fourth-order valence-electron chi connectivity index (χ4n) is 1.61. The smallest absolute Gasteiger partial charge is 0.180 e. The van der Waals surface area contributed by atoms with Crippen molar-refractivity contribution in [1.29, 1.82) is 0 Å². The SMILES string of the molecule is CN(CCOCC1CC1)CCc1csc(N)n1. The van der Waals surface area contributed by atoms with Gasteiger partial charge in [0.25, 0.3) is 0 Å². The molecule has 0 unspecified atom stereocenters. The van der Waals surface area contributed by atoms with Crippen LogP contribution in [0.15, 0.2) is 5.38 Å². The summed E-state index contributed by atoms with van der Waals surface area (Å²) in [7, 11) is 2.12. The van der Waals surface area contributed by atoms with Crippen molar-refractivity contribution in [2.45, 2.75) is 19.3 Å². The van der Waals surface area contributed by atoms with Crippen LogP contribution in [0.25, 0.3) is 0 Å². The van der Waals surface area contributed by atoms with Crippen molar-refractivity contribution >= 4 is 16.5 Å². The Balaban J connectivity index is 1.52. The lowest BCUT2D eigenvalue weighted by atomic mass is 10.3. The van der Waals surface area contributed by atoms with Gasteiger partial charge in [-0.3, -0.25) is 0 Å². The maximum Gasteiger partial charge on any atom is 0.180 e. The van der Waals surface area contributed by atoms with Gasteiger partial charge in [-0.25, -0.2) is 4.98 Å². The van der Waals surface area contributed by atoms with Crippen molar-refractivity contribution in [2.75, 3.05) is 39.1 Å². The van der Waals surface area contributed by atoms with Gasteiger partial charge in [0, 0.05) is 31.5 Å². The fourth-order valence-corrected chi connectivity index (χ4v) is 2.21. The van der Waals surface area contributed by atoms with E-state index in [4.69, 9.17) is 10.5 Å². The van der Waals surface area contributed by atoms with Gasteiger partial charge in [0.1, 0.15) is 0 Å². The van der Waals surface area contributed by atoms with Crippen LogP contribution >= 0.6 is 11.3 Å². The van der Waals surface area contributed by atoms with Gasteiger partial charge in [-0.05, 0) is 25.8 Å². The Morgan fingerprint density at radius 1 is 1.53 bits per heavy atom. The largest absolute Gasteiger partial charge is 0.380 e. The highest BCUT2D eigenvalue weighted by molar-refractivity contribution is 7.13. The molecule has 2 N–H and O–H groups in total. The Bertz CT molecular complexity index is 338. The number of aromatic nitrogens is 1. The number of ether oxygens (including phenoxy) is 1. The van der Waals surface area contributed by atoms with Crippen molar-refractivity contribution in [3.8, 4) is 0 Å². The third-order valence-corrected chi connectivity index (χ3v) is 3.71. The fraction of sp³-hybridized carbons (Fsp3) is 0.750. The second-order valence-corrected chi connectivity index (χ2v) is 5.64. The van der Waals surface area contributed by atoms with Crippen molar-refractivity contribution in [2.24, 2.45) is 5.92 Å². The molecule has 2 rings (SSSR count). The standard InChI is InChI=1S/C12H21N3OS/c1-15(6-7-16-8-10-2-3-10)5-4-11-9-17-12(13)14-11/h9-10H,2-8H2,1H3,(H2,13,14). The molecule has 0 amide bonds. The van der Waals surface area contributed by atoms with E-state index >= 15 is 0 Å². The first-order valence-electron chi connectivity index (χ1n) is 6.20. The number of rotatable bonds is 8. The molecule has 0 saturated heterocycles. The first-order chi connectivity index (χ1) is 8.24. The average Bonchev–Trinajstić information content (AvgIpc) is 3.04. The molecule has 1 aliphatic carbocycles. The van der Waals surface area contributed by atoms with E-state index in [9.17, 15) is 0 Å². The molecule has 0 spiro atoms. The minimum Gasteiger partial charge on any atom is -0.380 e. The monoisotopic (exact) mass is 255 g/mol. The molecule has 1 aromatic heterocycles. The van der Waals surface area contributed by atoms with E-state index in [1.165, 1.54) is 24.2 Å². The van der Waals surface area contributed by atoms with E-state index in [0.717, 1.165) is 44.3 Å². The normalized spacial score (nSPS) is 15.6. The second-order valence-electron chi connectivity index (χ2n) is 4.75. The molecule has 96 valence electrons. The summed E-state index contributed by atoms with van der Waals surface area (Å²) in [6.07, 6.45) is 3.69. The maximum atomic E-state index is 5.61. The predicted molar refractivity (Wildman–Crippen MR) is 71.3 cm³/mol. The van der Waals surface area contributed by atoms with Gasteiger partial charge >= 0.3 is 0 Å². The summed E-state index contributed by atoms with van der Waals surface area (Å²) < 4.78 is 5.61. The van der Waals surface area contributed by atoms with Crippen LogP contribution in [0.5, 0.6) is 0 Å². The van der Waals surface area contributed by atoms with Crippen LogP contribution in [0.3, 0.4) is 0 Å². The number of hydrogen-bond donors (Lipinski definition) is 1. The minimum atomic E-state index is 0.662. The van der Waals surface area contributed by atoms with Crippen LogP contribution in [0.4, 0.5) is 5.13 Å². The van der Waals surface area contributed by atoms with E-state index in [1.54, 1.807) is 0 Å². The highest BCUT2D eigenvalue weighted by Crippen LogP contribution is 2.28. The van der Waals surface area contributed by atoms with Gasteiger partial charge in [0.2, 0.25) is 0 Å². The van der Waals surface area contributed by atoms with Gasteiger partial charge in [-0.15, -0.1) is 11.3 Å². The van der Waals surface area contributed by atoms with Gasteiger partial charge < -0.3 is 15.4 Å². The van der Waals surface area contributed by atoms with Crippen molar-refractivity contribution in [3.63, 3.8) is 0 Å². The number of nitrogen functional groups attached to an aromatic ring is 1. The molecule has 0 radical (unpaired) electrons. The van der Waals surface area contributed by atoms with Gasteiger partial charge in [0.15, 0.2) is 5.13 Å². The molecule has 0 aliphatic heterocycles. The molecule has 1 fully saturated rings. The summed E-state index contributed by atoms with van der Waals surface area (Å²) >= 11 is 1.51. The lowest BCUT2D eigenvalue weighted by Gasteiger charge is -2.15. The Morgan fingerprint density at radius 2 is 2.35 bits per heavy atom. The first-order valence-corrected chi connectivity index (χ1v) is 7.08. The molecule has 1 saturated carbocycles. The number of hydrogen-bond acceptors (Lipinski definition) is 5. The highest BCUT2D eigenvalue weighted by atomic mass is 32.1. The van der Waals surface area contributed by atoms with Gasteiger partial charge in [-0.1, -0.05) is 0 Å². The topological polar surface area (TPSA) is 51.4 Å². The molecule has 17 heavy (non-hydrogen) atoms. The Kier molecular flexibility index (Phi) is 4.76. The molecule has 0 bridgehead atoms. The lowest BCUT2D eigenvalue weighted by molar-refractivity contribution is 0.104. The molecule has 5 heteroatoms. The van der Waals surface area contributed by atoms with Crippen LogP contribution in [0.2, 0.25) is 0 Å². The molecule has 0 atom stereocenters. The predicted octanol–water partition coefficient (Wildman–Crippen LogP) is 1.63. The molecular weight excluding hydrogens is 234 g/mol. The Morgan fingerprint density at radius 3 is 3.00 bits per heavy atom. The van der Waals surface area contributed by atoms with Crippen LogP contribution in [-0.2, 0) is 11.2 Å². The third kappa shape index (κ3) is 5.02. The number of nitrogens with zero attached hydrogens (tertiary/aromatic N) is 2. The van der Waals surface area contributed by atoms with E-state index < -0.39 is 0 Å². The quantitative estimate of drug-likeness (QED) is 0.717. The summed E-state index contributed by atoms with van der Waals surface area (Å²) in [6.45, 7) is 3.80. The zero-order valence-corrected chi connectivity index (χ0v) is 11.2. The zero-order valence-electron chi connectivity index (χ0n) is 10.4. The number of thiazole rings is 1. The van der Waals surface area contributed by atoms with Crippen LogP contribution in [0.1, 0.15) is 18.5 Å². The van der Waals surface area contributed by atoms with Crippen molar-refractivity contribution in [3.05, 3.63) is 11.1 Å². The summed E-state index contributed by atoms with van der Waals surface area (Å²) in [5.74, 6) is 0.860. The van der Waals surface area contributed by atoms with E-state index in [-0.39, 0.29) is 0 Å². The van der Waals surface area contributed by atoms with Gasteiger partial charge in [-0.2, -0.15) is 0 Å². The number of anilines is 1. The summed E-state index contributed by atoms with van der Waals surface area (Å²) in [4.78, 5) is 6.53. The maximum absolute atomic E-state index is 5.61. The molecule has 1 aromatic rings. The molecule has 1 aliphatic rings. The van der Waals surface area contributed by atoms with E-state index in [1.807, 2.05) is 5.38 Å². The molecule has 1 heterocycles. The lowest BCUT2D eigenvalue weighted by Crippen LogP contribution is -2.25. The minimum absolute atomic E-state index is 0.662. The van der Waals surface area contributed by atoms with E-state index in [2.05, 4.69) is 16.9 Å². The summed E-state index contributed by atoms with van der Waals surface area (Å²) in [5.41, 5.74) is 6.69. The molecule has 4 nitrogen and oxygen atoms in total. The summed E-state index contributed by atoms with van der Waals surface area (Å²) in [6, 6.07) is 0. The Labute approximate surface area is 107 Å². The van der Waals surface area contributed by atoms with Gasteiger partial charge in [0.05, 0.1) is 12.3 Å². The molecular formula is C12H21N3OS. The summed E-state index contributed by atoms with van der Waals surface area (Å²) in [5, 5.41) is 2.70. The van der Waals surface area contributed by atoms with Crippen LogP contribution in [0, 0.1) is 5.92 Å². The van der Waals surface area contributed by atoms with Crippen LogP contribution < -0.4 is 5.73 Å². The number of nitrogens with two attached hydrogens (primary N) is 1.